The van der Waals surface area contributed by atoms with Gasteiger partial charge in [-0.15, -0.1) is 0 Å². The molecule has 0 aliphatic carbocycles. The lowest BCUT2D eigenvalue weighted by molar-refractivity contribution is 0.0730. The second-order valence-corrected chi connectivity index (χ2v) is 8.90. The zero-order chi connectivity index (χ0) is 20.4. The van der Waals surface area contributed by atoms with Crippen molar-refractivity contribution in [3.63, 3.8) is 0 Å². The summed E-state index contributed by atoms with van der Waals surface area (Å²) < 4.78 is 32.3. The Kier molecular flexibility index (Phi) is 5.51. The standard InChI is InChI=1S/C20H18ClN3O4S/c21-16-11-14-4-2-6-22-19(14)18(13-16)23-20(25)15-3-1-5-17(12-15)29(26,27)24-7-9-28-10-8-24/h1-6,11-13H,7-10H2,(H,23,25). The number of pyridine rings is 1. The van der Waals surface area contributed by atoms with Crippen LogP contribution in [0.15, 0.2) is 59.6 Å². The molecule has 0 radical (unpaired) electrons. The third-order valence-corrected chi connectivity index (χ3v) is 6.73. The van der Waals surface area contributed by atoms with Crippen molar-refractivity contribution < 1.29 is 17.9 Å². The Morgan fingerprint density at radius 2 is 1.90 bits per heavy atom. The molecule has 0 unspecified atom stereocenters. The number of morpholine rings is 1. The molecule has 1 amide bonds. The van der Waals surface area contributed by atoms with Gasteiger partial charge in [-0.3, -0.25) is 9.78 Å². The molecule has 1 aliphatic rings. The van der Waals surface area contributed by atoms with Crippen LogP contribution in [0.25, 0.3) is 10.9 Å². The van der Waals surface area contributed by atoms with E-state index in [0.717, 1.165) is 5.39 Å². The van der Waals surface area contributed by atoms with E-state index < -0.39 is 15.9 Å². The Balaban J connectivity index is 1.63. The third-order valence-electron chi connectivity index (χ3n) is 4.62. The molecule has 1 saturated heterocycles. The Morgan fingerprint density at radius 1 is 1.10 bits per heavy atom. The van der Waals surface area contributed by atoms with Crippen molar-refractivity contribution in [1.82, 2.24) is 9.29 Å². The van der Waals surface area contributed by atoms with Crippen molar-refractivity contribution in [2.75, 3.05) is 31.6 Å². The van der Waals surface area contributed by atoms with E-state index in [-0.39, 0.29) is 10.5 Å². The maximum Gasteiger partial charge on any atom is 0.255 e. The minimum atomic E-state index is -3.69. The number of halogens is 1. The van der Waals surface area contributed by atoms with Crippen molar-refractivity contribution in [1.29, 1.82) is 0 Å². The van der Waals surface area contributed by atoms with Crippen LogP contribution in [0.1, 0.15) is 10.4 Å². The van der Waals surface area contributed by atoms with Crippen LogP contribution in [0.4, 0.5) is 5.69 Å². The summed E-state index contributed by atoms with van der Waals surface area (Å²) >= 11 is 6.15. The van der Waals surface area contributed by atoms with Crippen LogP contribution in [-0.2, 0) is 14.8 Å². The Bertz CT molecular complexity index is 1180. The van der Waals surface area contributed by atoms with Crippen LogP contribution in [-0.4, -0.2) is 49.9 Å². The zero-order valence-electron chi connectivity index (χ0n) is 15.3. The number of fused-ring (bicyclic) bond motifs is 1. The summed E-state index contributed by atoms with van der Waals surface area (Å²) in [6, 6.07) is 13.0. The molecule has 150 valence electrons. The van der Waals surface area contributed by atoms with Crippen molar-refractivity contribution >= 4 is 44.1 Å². The molecule has 3 aromatic rings. The van der Waals surface area contributed by atoms with Gasteiger partial charge in [-0.25, -0.2) is 8.42 Å². The average Bonchev–Trinajstić information content (AvgIpc) is 2.74. The number of nitrogens with one attached hydrogen (secondary N) is 1. The fourth-order valence-electron chi connectivity index (χ4n) is 3.18. The predicted octanol–water partition coefficient (Wildman–Crippen LogP) is 3.16. The first-order valence-electron chi connectivity index (χ1n) is 8.99. The molecule has 1 aromatic heterocycles. The number of ether oxygens (including phenoxy) is 1. The van der Waals surface area contributed by atoms with E-state index in [4.69, 9.17) is 16.3 Å². The predicted molar refractivity (Wildman–Crippen MR) is 111 cm³/mol. The molecule has 4 rings (SSSR count). The van der Waals surface area contributed by atoms with Crippen molar-refractivity contribution in [2.24, 2.45) is 0 Å². The van der Waals surface area contributed by atoms with Gasteiger partial charge in [0.25, 0.3) is 5.91 Å². The molecular weight excluding hydrogens is 414 g/mol. The number of rotatable bonds is 4. The smallest absolute Gasteiger partial charge is 0.255 e. The molecule has 1 aliphatic heterocycles. The highest BCUT2D eigenvalue weighted by Gasteiger charge is 2.27. The second kappa shape index (κ2) is 8.08. The number of carbonyl (C=O) groups excluding carboxylic acids is 1. The number of sulfonamides is 1. The van der Waals surface area contributed by atoms with E-state index in [1.165, 1.54) is 16.4 Å². The molecule has 2 heterocycles. The van der Waals surface area contributed by atoms with Gasteiger partial charge in [-0.1, -0.05) is 23.7 Å². The number of anilines is 1. The Hall–Kier alpha value is -2.52. The minimum Gasteiger partial charge on any atom is -0.379 e. The highest BCUT2D eigenvalue weighted by molar-refractivity contribution is 7.89. The molecule has 0 saturated carbocycles. The summed E-state index contributed by atoms with van der Waals surface area (Å²) in [5.41, 5.74) is 1.28. The fraction of sp³-hybridized carbons (Fsp3) is 0.200. The van der Waals surface area contributed by atoms with Crippen LogP contribution in [0.5, 0.6) is 0 Å². The minimum absolute atomic E-state index is 0.0705. The molecule has 1 fully saturated rings. The van der Waals surface area contributed by atoms with Crippen LogP contribution < -0.4 is 5.32 Å². The highest BCUT2D eigenvalue weighted by atomic mass is 35.5. The largest absolute Gasteiger partial charge is 0.379 e. The van der Waals surface area contributed by atoms with Gasteiger partial charge in [0, 0.05) is 35.3 Å². The summed E-state index contributed by atoms with van der Waals surface area (Å²) in [4.78, 5) is 17.2. The maximum absolute atomic E-state index is 12.9. The zero-order valence-corrected chi connectivity index (χ0v) is 16.9. The first kappa shape index (κ1) is 19.8. The van der Waals surface area contributed by atoms with E-state index in [1.807, 2.05) is 6.07 Å². The third kappa shape index (κ3) is 4.11. The molecule has 2 aromatic carbocycles. The first-order chi connectivity index (χ1) is 13.9. The monoisotopic (exact) mass is 431 g/mol. The van der Waals surface area contributed by atoms with E-state index >= 15 is 0 Å². The molecule has 7 nitrogen and oxygen atoms in total. The van der Waals surface area contributed by atoms with Crippen LogP contribution in [0.2, 0.25) is 5.02 Å². The number of carbonyl (C=O) groups is 1. The maximum atomic E-state index is 12.9. The molecule has 9 heteroatoms. The molecular formula is C20H18ClN3O4S. The van der Waals surface area contributed by atoms with Crippen LogP contribution >= 0.6 is 11.6 Å². The van der Waals surface area contributed by atoms with Gasteiger partial charge in [0.2, 0.25) is 10.0 Å². The summed E-state index contributed by atoms with van der Waals surface area (Å²) in [6.07, 6.45) is 1.63. The van der Waals surface area contributed by atoms with E-state index in [0.29, 0.717) is 42.5 Å². The van der Waals surface area contributed by atoms with Gasteiger partial charge in [-0.05, 0) is 36.4 Å². The van der Waals surface area contributed by atoms with Crippen LogP contribution in [0.3, 0.4) is 0 Å². The van der Waals surface area contributed by atoms with Crippen LogP contribution in [0, 0.1) is 0 Å². The van der Waals surface area contributed by atoms with Gasteiger partial charge in [0.15, 0.2) is 0 Å². The van der Waals surface area contributed by atoms with Gasteiger partial charge in [-0.2, -0.15) is 4.31 Å². The van der Waals surface area contributed by atoms with Gasteiger partial charge < -0.3 is 10.1 Å². The number of amides is 1. The van der Waals surface area contributed by atoms with E-state index in [2.05, 4.69) is 10.3 Å². The number of hydrogen-bond acceptors (Lipinski definition) is 5. The van der Waals surface area contributed by atoms with Gasteiger partial charge in [0.05, 0.1) is 29.3 Å². The lowest BCUT2D eigenvalue weighted by atomic mass is 10.1. The number of hydrogen-bond donors (Lipinski definition) is 1. The van der Waals surface area contributed by atoms with E-state index in [9.17, 15) is 13.2 Å². The molecule has 0 atom stereocenters. The van der Waals surface area contributed by atoms with Gasteiger partial charge >= 0.3 is 0 Å². The Labute approximate surface area is 173 Å². The summed E-state index contributed by atoms with van der Waals surface area (Å²) in [6.45, 7) is 1.29. The topological polar surface area (TPSA) is 88.6 Å². The van der Waals surface area contributed by atoms with Crippen molar-refractivity contribution in [2.45, 2.75) is 4.90 Å². The average molecular weight is 432 g/mol. The van der Waals surface area contributed by atoms with Gasteiger partial charge in [0.1, 0.15) is 0 Å². The van der Waals surface area contributed by atoms with E-state index in [1.54, 1.807) is 36.5 Å². The molecule has 1 N–H and O–H groups in total. The lowest BCUT2D eigenvalue weighted by Crippen LogP contribution is -2.40. The number of benzene rings is 2. The van der Waals surface area contributed by atoms with Crippen molar-refractivity contribution in [3.8, 4) is 0 Å². The summed E-state index contributed by atoms with van der Waals surface area (Å²) in [5, 5.41) is 4.04. The normalized spacial score (nSPS) is 15.3. The lowest BCUT2D eigenvalue weighted by Gasteiger charge is -2.26. The van der Waals surface area contributed by atoms with Crippen molar-refractivity contribution in [3.05, 3.63) is 65.3 Å². The number of aromatic nitrogens is 1. The number of nitrogens with zero attached hydrogens (tertiary/aromatic N) is 2. The fourth-order valence-corrected chi connectivity index (χ4v) is 4.86. The quantitative estimate of drug-likeness (QED) is 0.685. The molecule has 29 heavy (non-hydrogen) atoms. The first-order valence-corrected chi connectivity index (χ1v) is 10.8. The molecule has 0 bridgehead atoms. The Morgan fingerprint density at radius 3 is 2.69 bits per heavy atom. The SMILES string of the molecule is O=C(Nc1cc(Cl)cc2cccnc12)c1cccc(S(=O)(=O)N2CCOCC2)c1. The highest BCUT2D eigenvalue weighted by Crippen LogP contribution is 2.27. The molecule has 0 spiro atoms. The summed E-state index contributed by atoms with van der Waals surface area (Å²) in [7, 11) is -3.69. The summed E-state index contributed by atoms with van der Waals surface area (Å²) in [5.74, 6) is -0.446. The second-order valence-electron chi connectivity index (χ2n) is 6.53.